The third kappa shape index (κ3) is 4.49. The highest BCUT2D eigenvalue weighted by molar-refractivity contribution is 5.05. The zero-order valence-corrected chi connectivity index (χ0v) is 9.99. The molecule has 0 aliphatic heterocycles. The average molecular weight is 210 g/mol. The molecule has 86 valence electrons. The first kappa shape index (κ1) is 12.3. The molecule has 1 rings (SSSR count). The smallest absolute Gasteiger partial charge is 0.105 e. The van der Waals surface area contributed by atoms with E-state index < -0.39 is 0 Å². The van der Waals surface area contributed by atoms with Crippen LogP contribution in [-0.4, -0.2) is 31.6 Å². The van der Waals surface area contributed by atoms with Crippen LogP contribution < -0.4 is 5.73 Å². The van der Waals surface area contributed by atoms with E-state index in [1.165, 1.54) is 0 Å². The molecule has 3 nitrogen and oxygen atoms in total. The summed E-state index contributed by atoms with van der Waals surface area (Å²) in [4.78, 5) is 2.30. The van der Waals surface area contributed by atoms with Crippen LogP contribution in [0.1, 0.15) is 18.4 Å². The van der Waals surface area contributed by atoms with Crippen molar-refractivity contribution >= 4 is 0 Å². The molecule has 0 fully saturated rings. The van der Waals surface area contributed by atoms with E-state index in [1.807, 2.05) is 13.0 Å². The third-order valence-electron chi connectivity index (χ3n) is 2.56. The molecule has 1 aromatic heterocycles. The van der Waals surface area contributed by atoms with Gasteiger partial charge >= 0.3 is 0 Å². The molecule has 0 aliphatic rings. The zero-order chi connectivity index (χ0) is 11.3. The second-order valence-electron chi connectivity index (χ2n) is 4.37. The van der Waals surface area contributed by atoms with E-state index in [2.05, 4.69) is 24.9 Å². The molecule has 1 unspecified atom stereocenters. The molecule has 3 heteroatoms. The van der Waals surface area contributed by atoms with Crippen LogP contribution >= 0.6 is 0 Å². The minimum Gasteiger partial charge on any atom is -0.466 e. The maximum Gasteiger partial charge on any atom is 0.105 e. The van der Waals surface area contributed by atoms with Gasteiger partial charge < -0.3 is 15.1 Å². The summed E-state index contributed by atoms with van der Waals surface area (Å²) in [7, 11) is 2.13. The maximum atomic E-state index is 5.59. The predicted molar refractivity (Wildman–Crippen MR) is 62.9 cm³/mol. The lowest BCUT2D eigenvalue weighted by atomic mass is 10.1. The van der Waals surface area contributed by atoms with Crippen LogP contribution in [0.3, 0.4) is 0 Å². The Morgan fingerprint density at radius 1 is 1.47 bits per heavy atom. The molecule has 0 saturated carbocycles. The fourth-order valence-electron chi connectivity index (χ4n) is 1.62. The van der Waals surface area contributed by atoms with Crippen molar-refractivity contribution < 1.29 is 4.42 Å². The van der Waals surface area contributed by atoms with Gasteiger partial charge in [0.1, 0.15) is 11.5 Å². The summed E-state index contributed by atoms with van der Waals surface area (Å²) in [5.74, 6) is 2.62. The fourth-order valence-corrected chi connectivity index (χ4v) is 1.62. The first-order chi connectivity index (χ1) is 7.11. The molecule has 2 N–H and O–H groups in total. The standard InChI is InChI=1S/C12H22N2O/c1-10(8-13)9-14(3)7-6-12-5-4-11(2)15-12/h4-5,10H,6-9,13H2,1-3H3. The van der Waals surface area contributed by atoms with Crippen molar-refractivity contribution in [2.24, 2.45) is 11.7 Å². The summed E-state index contributed by atoms with van der Waals surface area (Å²) >= 11 is 0. The molecule has 0 bridgehead atoms. The first-order valence-electron chi connectivity index (χ1n) is 5.55. The summed E-state index contributed by atoms with van der Waals surface area (Å²) in [5.41, 5.74) is 5.59. The number of furan rings is 1. The first-order valence-corrected chi connectivity index (χ1v) is 5.55. The second kappa shape index (κ2) is 5.93. The molecule has 0 amide bonds. The van der Waals surface area contributed by atoms with Crippen LogP contribution in [0.15, 0.2) is 16.5 Å². The van der Waals surface area contributed by atoms with E-state index in [0.717, 1.165) is 37.6 Å². The molecule has 1 heterocycles. The number of rotatable bonds is 6. The number of likely N-dealkylation sites (N-methyl/N-ethyl adjacent to an activating group) is 1. The molecule has 0 saturated heterocycles. The van der Waals surface area contributed by atoms with E-state index in [-0.39, 0.29) is 0 Å². The number of nitrogens with zero attached hydrogens (tertiary/aromatic N) is 1. The van der Waals surface area contributed by atoms with Gasteiger partial charge in [0.25, 0.3) is 0 Å². The lowest BCUT2D eigenvalue weighted by Crippen LogP contribution is -2.29. The topological polar surface area (TPSA) is 42.4 Å². The highest BCUT2D eigenvalue weighted by Gasteiger charge is 2.05. The van der Waals surface area contributed by atoms with Gasteiger partial charge in [-0.15, -0.1) is 0 Å². The van der Waals surface area contributed by atoms with E-state index in [4.69, 9.17) is 10.2 Å². The quantitative estimate of drug-likeness (QED) is 0.776. The second-order valence-corrected chi connectivity index (χ2v) is 4.37. The number of aryl methyl sites for hydroxylation is 1. The van der Waals surface area contributed by atoms with E-state index >= 15 is 0 Å². The van der Waals surface area contributed by atoms with Crippen molar-refractivity contribution in [2.45, 2.75) is 20.3 Å². The number of hydrogen-bond donors (Lipinski definition) is 1. The van der Waals surface area contributed by atoms with Crippen molar-refractivity contribution in [3.05, 3.63) is 23.7 Å². The van der Waals surface area contributed by atoms with Gasteiger partial charge in [0.2, 0.25) is 0 Å². The predicted octanol–water partition coefficient (Wildman–Crippen LogP) is 1.66. The Hall–Kier alpha value is -0.800. The van der Waals surface area contributed by atoms with Crippen LogP contribution in [0.2, 0.25) is 0 Å². The van der Waals surface area contributed by atoms with Gasteiger partial charge in [-0.3, -0.25) is 0 Å². The van der Waals surface area contributed by atoms with Crippen molar-refractivity contribution in [3.8, 4) is 0 Å². The van der Waals surface area contributed by atoms with Crippen molar-refractivity contribution in [3.63, 3.8) is 0 Å². The monoisotopic (exact) mass is 210 g/mol. The molecule has 1 atom stereocenters. The molecule has 0 radical (unpaired) electrons. The fraction of sp³-hybridized carbons (Fsp3) is 0.667. The highest BCUT2D eigenvalue weighted by Crippen LogP contribution is 2.07. The van der Waals surface area contributed by atoms with Gasteiger partial charge in [0.15, 0.2) is 0 Å². The Kier molecular flexibility index (Phi) is 4.85. The van der Waals surface area contributed by atoms with E-state index in [0.29, 0.717) is 5.92 Å². The van der Waals surface area contributed by atoms with Crippen LogP contribution in [0.25, 0.3) is 0 Å². The lowest BCUT2D eigenvalue weighted by Gasteiger charge is -2.19. The lowest BCUT2D eigenvalue weighted by molar-refractivity contribution is 0.285. The van der Waals surface area contributed by atoms with Gasteiger partial charge in [-0.2, -0.15) is 0 Å². The summed E-state index contributed by atoms with van der Waals surface area (Å²) in [6.07, 6.45) is 0.974. The summed E-state index contributed by atoms with van der Waals surface area (Å²) < 4.78 is 5.51. The Bertz CT molecular complexity index is 283. The molecule has 0 aliphatic carbocycles. The molecule has 15 heavy (non-hydrogen) atoms. The molecule has 0 spiro atoms. The molecule has 0 aromatic carbocycles. The minimum absolute atomic E-state index is 0.563. The van der Waals surface area contributed by atoms with Crippen LogP contribution in [0.4, 0.5) is 0 Å². The highest BCUT2D eigenvalue weighted by atomic mass is 16.3. The minimum atomic E-state index is 0.563. The Labute approximate surface area is 92.2 Å². The van der Waals surface area contributed by atoms with Gasteiger partial charge in [-0.25, -0.2) is 0 Å². The van der Waals surface area contributed by atoms with Crippen LogP contribution in [0, 0.1) is 12.8 Å². The zero-order valence-electron chi connectivity index (χ0n) is 9.99. The summed E-state index contributed by atoms with van der Waals surface area (Å²) in [6.45, 7) is 6.98. The SMILES string of the molecule is Cc1ccc(CCN(C)CC(C)CN)o1. The number of nitrogens with two attached hydrogens (primary N) is 1. The van der Waals surface area contributed by atoms with Crippen molar-refractivity contribution in [2.75, 3.05) is 26.7 Å². The Morgan fingerprint density at radius 2 is 2.20 bits per heavy atom. The van der Waals surface area contributed by atoms with Gasteiger partial charge in [0.05, 0.1) is 0 Å². The van der Waals surface area contributed by atoms with Crippen molar-refractivity contribution in [1.29, 1.82) is 0 Å². The molecular formula is C12H22N2O. The van der Waals surface area contributed by atoms with Crippen molar-refractivity contribution in [1.82, 2.24) is 4.90 Å². The average Bonchev–Trinajstić information content (AvgIpc) is 2.61. The summed E-state index contributed by atoms with van der Waals surface area (Å²) in [6, 6.07) is 4.06. The Balaban J connectivity index is 2.25. The van der Waals surface area contributed by atoms with Crippen LogP contribution in [0.5, 0.6) is 0 Å². The van der Waals surface area contributed by atoms with Gasteiger partial charge in [-0.05, 0) is 38.6 Å². The largest absolute Gasteiger partial charge is 0.466 e. The normalized spacial score (nSPS) is 13.4. The van der Waals surface area contributed by atoms with Gasteiger partial charge in [-0.1, -0.05) is 6.92 Å². The summed E-state index contributed by atoms with van der Waals surface area (Å²) in [5, 5.41) is 0. The number of hydrogen-bond acceptors (Lipinski definition) is 3. The van der Waals surface area contributed by atoms with Crippen LogP contribution in [-0.2, 0) is 6.42 Å². The molecular weight excluding hydrogens is 188 g/mol. The van der Waals surface area contributed by atoms with E-state index in [9.17, 15) is 0 Å². The Morgan fingerprint density at radius 3 is 2.73 bits per heavy atom. The van der Waals surface area contributed by atoms with Gasteiger partial charge in [0, 0.05) is 19.5 Å². The van der Waals surface area contributed by atoms with E-state index in [1.54, 1.807) is 0 Å². The molecule has 1 aromatic rings. The maximum absolute atomic E-state index is 5.59. The third-order valence-corrected chi connectivity index (χ3v) is 2.56.